The number of nitrogens with one attached hydrogen (secondary N) is 1. The van der Waals surface area contributed by atoms with E-state index >= 15 is 0 Å². The van der Waals surface area contributed by atoms with Gasteiger partial charge in [0.15, 0.2) is 0 Å². The van der Waals surface area contributed by atoms with Gasteiger partial charge in [-0.15, -0.1) is 0 Å². The fraction of sp³-hybridized carbons (Fsp3) is 0.308. The monoisotopic (exact) mass is 528 g/mol. The molecule has 0 radical (unpaired) electrons. The molecule has 5 rings (SSSR count). The molecule has 188 valence electrons. The van der Waals surface area contributed by atoms with Gasteiger partial charge in [0.2, 0.25) is 0 Å². The van der Waals surface area contributed by atoms with Gasteiger partial charge in [0.1, 0.15) is 23.3 Å². The molecule has 8 nitrogen and oxygen atoms in total. The Morgan fingerprint density at radius 3 is 2.64 bits per heavy atom. The third-order valence-electron chi connectivity index (χ3n) is 6.31. The highest BCUT2D eigenvalue weighted by atomic mass is 35.5. The summed E-state index contributed by atoms with van der Waals surface area (Å²) in [5.41, 5.74) is 2.57. The second-order valence-corrected chi connectivity index (χ2v) is 9.54. The second kappa shape index (κ2) is 10.6. The number of aliphatic hydroxyl groups excluding tert-OH is 2. The van der Waals surface area contributed by atoms with Crippen LogP contribution in [0.15, 0.2) is 54.9 Å². The molecule has 2 aromatic carbocycles. The van der Waals surface area contributed by atoms with Crippen molar-refractivity contribution in [3.63, 3.8) is 0 Å². The van der Waals surface area contributed by atoms with Gasteiger partial charge in [0, 0.05) is 49.7 Å². The van der Waals surface area contributed by atoms with E-state index in [1.165, 1.54) is 37.4 Å². The first kappa shape index (κ1) is 24.8. The van der Waals surface area contributed by atoms with E-state index in [1.54, 1.807) is 11.0 Å². The molecule has 0 bridgehead atoms. The summed E-state index contributed by atoms with van der Waals surface area (Å²) in [6.45, 7) is 1.37. The van der Waals surface area contributed by atoms with Crippen molar-refractivity contribution >= 4 is 40.5 Å². The zero-order valence-electron chi connectivity index (χ0n) is 19.4. The minimum absolute atomic E-state index is 0.136. The lowest BCUT2D eigenvalue weighted by atomic mass is 10.1. The molecular weight excluding hydrogens is 503 g/mol. The standard InChI is InChI=1S/C26H26Cl2N4O4/c27-19-14-24(20(28)13-17(19)25(34)30-9-12-33)36-23-7-8-29-15-18(23)26(35)32-11-10-31(16-5-6-16)21-3-1-2-4-22(21)32/h1-4,7-8,13-16,25,30,33-34H,5-6,9-12H2. The maximum Gasteiger partial charge on any atom is 0.263 e. The summed E-state index contributed by atoms with van der Waals surface area (Å²) in [6.07, 6.45) is 4.28. The SMILES string of the molecule is O=C(c1cnccc1Oc1cc(Cl)c(C(O)NCCO)cc1Cl)N1CCN(C2CC2)c2ccccc21. The fourth-order valence-corrected chi connectivity index (χ4v) is 4.87. The molecule has 1 saturated carbocycles. The van der Waals surface area contributed by atoms with Crippen LogP contribution in [0.3, 0.4) is 0 Å². The quantitative estimate of drug-likeness (QED) is 0.373. The lowest BCUT2D eigenvalue weighted by molar-refractivity contribution is 0.0984. The van der Waals surface area contributed by atoms with Crippen molar-refractivity contribution in [2.75, 3.05) is 36.0 Å². The van der Waals surface area contributed by atoms with Gasteiger partial charge in [-0.3, -0.25) is 15.1 Å². The highest BCUT2D eigenvalue weighted by Gasteiger charge is 2.36. The number of aliphatic hydroxyl groups is 2. The van der Waals surface area contributed by atoms with Crippen LogP contribution in [-0.4, -0.2) is 53.4 Å². The number of aromatic nitrogens is 1. The van der Waals surface area contributed by atoms with Gasteiger partial charge < -0.3 is 24.7 Å². The molecule has 1 amide bonds. The summed E-state index contributed by atoms with van der Waals surface area (Å²) in [7, 11) is 0. The molecule has 3 aromatic rings. The van der Waals surface area contributed by atoms with Crippen LogP contribution in [0, 0.1) is 0 Å². The van der Waals surface area contributed by atoms with Crippen LogP contribution in [0.5, 0.6) is 11.5 Å². The average Bonchev–Trinajstić information content (AvgIpc) is 3.74. The highest BCUT2D eigenvalue weighted by Crippen LogP contribution is 2.41. The fourth-order valence-electron chi connectivity index (χ4n) is 4.40. The number of para-hydroxylation sites is 2. The number of carbonyl (C=O) groups is 1. The maximum absolute atomic E-state index is 13.7. The molecule has 1 aliphatic heterocycles. The third kappa shape index (κ3) is 5.00. The first-order valence-corrected chi connectivity index (χ1v) is 12.5. The second-order valence-electron chi connectivity index (χ2n) is 8.73. The summed E-state index contributed by atoms with van der Waals surface area (Å²) in [5, 5.41) is 22.4. The van der Waals surface area contributed by atoms with E-state index in [0.717, 1.165) is 17.9 Å². The molecule has 1 aliphatic carbocycles. The van der Waals surface area contributed by atoms with Crippen molar-refractivity contribution in [2.45, 2.75) is 25.1 Å². The average molecular weight is 529 g/mol. The zero-order chi connectivity index (χ0) is 25.2. The number of hydrogen-bond donors (Lipinski definition) is 3. The topological polar surface area (TPSA) is 98.2 Å². The molecule has 10 heteroatoms. The van der Waals surface area contributed by atoms with Crippen LogP contribution in [0.2, 0.25) is 10.0 Å². The van der Waals surface area contributed by atoms with E-state index in [-0.39, 0.29) is 34.9 Å². The van der Waals surface area contributed by atoms with Crippen LogP contribution in [0.1, 0.15) is 35.0 Å². The molecule has 1 aromatic heterocycles. The van der Waals surface area contributed by atoms with Crippen LogP contribution in [0.4, 0.5) is 11.4 Å². The first-order valence-electron chi connectivity index (χ1n) is 11.8. The molecule has 2 heterocycles. The Balaban J connectivity index is 1.42. The van der Waals surface area contributed by atoms with Crippen molar-refractivity contribution in [3.05, 3.63) is 76.0 Å². The van der Waals surface area contributed by atoms with Crippen LogP contribution in [0.25, 0.3) is 0 Å². The summed E-state index contributed by atoms with van der Waals surface area (Å²) in [4.78, 5) is 22.0. The Morgan fingerprint density at radius 2 is 1.89 bits per heavy atom. The van der Waals surface area contributed by atoms with Crippen LogP contribution >= 0.6 is 23.2 Å². The molecule has 3 N–H and O–H groups in total. The molecular formula is C26H26Cl2N4O4. The summed E-state index contributed by atoms with van der Waals surface area (Å²) in [6, 6.07) is 13.1. The molecule has 1 fully saturated rings. The number of halogens is 2. The molecule has 0 saturated heterocycles. The molecule has 0 spiro atoms. The summed E-state index contributed by atoms with van der Waals surface area (Å²) < 4.78 is 6.05. The van der Waals surface area contributed by atoms with E-state index in [4.69, 9.17) is 33.0 Å². The number of rotatable bonds is 8. The molecule has 1 atom stereocenters. The number of ether oxygens (including phenoxy) is 1. The van der Waals surface area contributed by atoms with Crippen LogP contribution < -0.4 is 19.9 Å². The van der Waals surface area contributed by atoms with E-state index in [1.807, 2.05) is 18.2 Å². The number of nitrogens with zero attached hydrogens (tertiary/aromatic N) is 3. The van der Waals surface area contributed by atoms with Crippen molar-refractivity contribution < 1.29 is 19.7 Å². The predicted octanol–water partition coefficient (Wildman–Crippen LogP) is 4.38. The Bertz CT molecular complexity index is 1270. The molecule has 36 heavy (non-hydrogen) atoms. The minimum atomic E-state index is -1.11. The summed E-state index contributed by atoms with van der Waals surface area (Å²) >= 11 is 12.8. The van der Waals surface area contributed by atoms with Crippen molar-refractivity contribution in [2.24, 2.45) is 0 Å². The predicted molar refractivity (Wildman–Crippen MR) is 139 cm³/mol. The normalized spacial score (nSPS) is 16.0. The largest absolute Gasteiger partial charge is 0.455 e. The van der Waals surface area contributed by atoms with Gasteiger partial charge in [-0.05, 0) is 37.1 Å². The van der Waals surface area contributed by atoms with Crippen LogP contribution in [-0.2, 0) is 0 Å². The number of fused-ring (bicyclic) bond motifs is 1. The minimum Gasteiger partial charge on any atom is -0.455 e. The summed E-state index contributed by atoms with van der Waals surface area (Å²) in [5.74, 6) is 0.309. The first-order chi connectivity index (χ1) is 17.5. The van der Waals surface area contributed by atoms with E-state index < -0.39 is 6.23 Å². The number of hydrogen-bond acceptors (Lipinski definition) is 7. The van der Waals surface area contributed by atoms with Crippen molar-refractivity contribution in [3.8, 4) is 11.5 Å². The lowest BCUT2D eigenvalue weighted by Crippen LogP contribution is -2.45. The van der Waals surface area contributed by atoms with Gasteiger partial charge >= 0.3 is 0 Å². The van der Waals surface area contributed by atoms with Gasteiger partial charge in [0.25, 0.3) is 5.91 Å². The van der Waals surface area contributed by atoms with Crippen molar-refractivity contribution in [1.29, 1.82) is 0 Å². The molecule has 2 aliphatic rings. The van der Waals surface area contributed by atoms with Crippen molar-refractivity contribution in [1.82, 2.24) is 10.3 Å². The molecule has 1 unspecified atom stereocenters. The Hall–Kier alpha value is -2.88. The van der Waals surface area contributed by atoms with Gasteiger partial charge in [0.05, 0.1) is 28.0 Å². The number of amides is 1. The number of carbonyl (C=O) groups excluding carboxylic acids is 1. The maximum atomic E-state index is 13.7. The Kier molecular flexibility index (Phi) is 7.32. The van der Waals surface area contributed by atoms with E-state index in [2.05, 4.69) is 21.3 Å². The third-order valence-corrected chi connectivity index (χ3v) is 6.93. The Morgan fingerprint density at radius 1 is 1.11 bits per heavy atom. The number of anilines is 2. The van der Waals surface area contributed by atoms with E-state index in [9.17, 15) is 9.90 Å². The van der Waals surface area contributed by atoms with Gasteiger partial charge in [-0.2, -0.15) is 0 Å². The zero-order valence-corrected chi connectivity index (χ0v) is 20.9. The number of benzene rings is 2. The highest BCUT2D eigenvalue weighted by molar-refractivity contribution is 6.34. The lowest BCUT2D eigenvalue weighted by Gasteiger charge is -2.38. The smallest absolute Gasteiger partial charge is 0.263 e. The number of pyridine rings is 1. The Labute approximate surface area is 219 Å². The van der Waals surface area contributed by atoms with Gasteiger partial charge in [-0.25, -0.2) is 0 Å². The van der Waals surface area contributed by atoms with E-state index in [0.29, 0.717) is 29.5 Å². The van der Waals surface area contributed by atoms with Gasteiger partial charge in [-0.1, -0.05) is 35.3 Å².